The molecule has 3 heteroatoms. The SMILES string of the molecule is CCCNC(=O)NCc1cc[c]cc1. The zero-order chi connectivity index (χ0) is 10.2. The van der Waals surface area contributed by atoms with E-state index in [1.54, 1.807) is 0 Å². The van der Waals surface area contributed by atoms with Crippen molar-refractivity contribution in [2.24, 2.45) is 0 Å². The molecule has 0 heterocycles. The summed E-state index contributed by atoms with van der Waals surface area (Å²) >= 11 is 0. The summed E-state index contributed by atoms with van der Waals surface area (Å²) in [7, 11) is 0. The summed E-state index contributed by atoms with van der Waals surface area (Å²) in [6, 6.07) is 10.3. The molecule has 3 nitrogen and oxygen atoms in total. The third-order valence-electron chi connectivity index (χ3n) is 1.78. The van der Waals surface area contributed by atoms with Crippen LogP contribution in [0.3, 0.4) is 0 Å². The quantitative estimate of drug-likeness (QED) is 0.747. The summed E-state index contributed by atoms with van der Waals surface area (Å²) in [4.78, 5) is 11.1. The molecule has 1 radical (unpaired) electrons. The lowest BCUT2D eigenvalue weighted by Gasteiger charge is -2.05. The monoisotopic (exact) mass is 191 g/mol. The zero-order valence-corrected chi connectivity index (χ0v) is 8.34. The molecule has 1 aromatic rings. The minimum Gasteiger partial charge on any atom is -0.338 e. The number of carbonyl (C=O) groups excluding carboxylic acids is 1. The molecule has 0 aliphatic rings. The molecule has 2 N–H and O–H groups in total. The lowest BCUT2D eigenvalue weighted by molar-refractivity contribution is 0.240. The average Bonchev–Trinajstić information content (AvgIpc) is 2.25. The maximum Gasteiger partial charge on any atom is 0.315 e. The first kappa shape index (κ1) is 10.6. The van der Waals surface area contributed by atoms with Gasteiger partial charge < -0.3 is 10.6 Å². The Morgan fingerprint density at radius 3 is 2.71 bits per heavy atom. The summed E-state index contributed by atoms with van der Waals surface area (Å²) in [5, 5.41) is 5.51. The number of amides is 2. The first-order valence-electron chi connectivity index (χ1n) is 4.79. The van der Waals surface area contributed by atoms with E-state index in [4.69, 9.17) is 0 Å². The molecule has 0 bridgehead atoms. The van der Waals surface area contributed by atoms with Gasteiger partial charge >= 0.3 is 6.03 Å². The van der Waals surface area contributed by atoms with Crippen LogP contribution in [0.5, 0.6) is 0 Å². The van der Waals surface area contributed by atoms with Gasteiger partial charge in [-0.25, -0.2) is 4.79 Å². The van der Waals surface area contributed by atoms with E-state index >= 15 is 0 Å². The summed E-state index contributed by atoms with van der Waals surface area (Å²) in [6.45, 7) is 3.30. The molecule has 1 rings (SSSR count). The van der Waals surface area contributed by atoms with Crippen molar-refractivity contribution in [3.63, 3.8) is 0 Å². The summed E-state index contributed by atoms with van der Waals surface area (Å²) in [6.07, 6.45) is 0.952. The number of hydrogen-bond donors (Lipinski definition) is 2. The van der Waals surface area contributed by atoms with E-state index in [-0.39, 0.29) is 6.03 Å². The van der Waals surface area contributed by atoms with Crippen LogP contribution in [-0.2, 0) is 6.54 Å². The number of nitrogens with one attached hydrogen (secondary N) is 2. The van der Waals surface area contributed by atoms with Gasteiger partial charge in [-0.05, 0) is 18.1 Å². The van der Waals surface area contributed by atoms with Crippen molar-refractivity contribution in [1.82, 2.24) is 10.6 Å². The van der Waals surface area contributed by atoms with E-state index in [0.717, 1.165) is 12.0 Å². The molecular weight excluding hydrogens is 176 g/mol. The molecule has 0 atom stereocenters. The van der Waals surface area contributed by atoms with Crippen LogP contribution in [-0.4, -0.2) is 12.6 Å². The van der Waals surface area contributed by atoms with Crippen LogP contribution in [0.4, 0.5) is 4.79 Å². The Hall–Kier alpha value is -1.51. The van der Waals surface area contributed by atoms with Gasteiger partial charge in [-0.3, -0.25) is 0 Å². The standard InChI is InChI=1S/C11H15N2O/c1-2-8-12-11(14)13-9-10-6-4-3-5-7-10/h4-7H,2,8-9H2,1H3,(H2,12,13,14). The van der Waals surface area contributed by atoms with E-state index < -0.39 is 0 Å². The molecule has 1 aromatic carbocycles. The van der Waals surface area contributed by atoms with Gasteiger partial charge in [0.25, 0.3) is 0 Å². The summed E-state index contributed by atoms with van der Waals surface area (Å²) in [5.74, 6) is 0. The molecule has 2 amide bonds. The molecule has 0 saturated heterocycles. The number of rotatable bonds is 4. The van der Waals surface area contributed by atoms with Crippen LogP contribution in [0.1, 0.15) is 18.9 Å². The van der Waals surface area contributed by atoms with Crippen molar-refractivity contribution in [2.75, 3.05) is 6.54 Å². The highest BCUT2D eigenvalue weighted by Gasteiger charge is 1.97. The maximum absolute atomic E-state index is 11.1. The molecular formula is C11H15N2O. The van der Waals surface area contributed by atoms with Gasteiger partial charge in [0.1, 0.15) is 0 Å². The van der Waals surface area contributed by atoms with Crippen LogP contribution >= 0.6 is 0 Å². The third kappa shape index (κ3) is 3.94. The smallest absolute Gasteiger partial charge is 0.315 e. The zero-order valence-electron chi connectivity index (χ0n) is 8.34. The van der Waals surface area contributed by atoms with Crippen molar-refractivity contribution in [2.45, 2.75) is 19.9 Å². The summed E-state index contributed by atoms with van der Waals surface area (Å²) in [5.41, 5.74) is 1.08. The Balaban J connectivity index is 2.24. The Morgan fingerprint density at radius 1 is 1.36 bits per heavy atom. The van der Waals surface area contributed by atoms with Crippen molar-refractivity contribution in [3.05, 3.63) is 35.9 Å². The third-order valence-corrected chi connectivity index (χ3v) is 1.78. The fourth-order valence-electron chi connectivity index (χ4n) is 1.02. The normalized spacial score (nSPS) is 9.50. The average molecular weight is 191 g/mol. The van der Waals surface area contributed by atoms with E-state index in [9.17, 15) is 4.79 Å². The lowest BCUT2D eigenvalue weighted by Crippen LogP contribution is -2.35. The van der Waals surface area contributed by atoms with Gasteiger partial charge in [-0.15, -0.1) is 0 Å². The lowest BCUT2D eigenvalue weighted by atomic mass is 10.2. The fraction of sp³-hybridized carbons (Fsp3) is 0.364. The topological polar surface area (TPSA) is 41.1 Å². The molecule has 0 saturated carbocycles. The van der Waals surface area contributed by atoms with Crippen molar-refractivity contribution in [3.8, 4) is 0 Å². The number of benzene rings is 1. The number of urea groups is 1. The van der Waals surface area contributed by atoms with Gasteiger partial charge in [0.2, 0.25) is 0 Å². The fourth-order valence-corrected chi connectivity index (χ4v) is 1.02. The first-order chi connectivity index (χ1) is 6.83. The van der Waals surface area contributed by atoms with Gasteiger partial charge in [0.15, 0.2) is 0 Å². The summed E-state index contributed by atoms with van der Waals surface area (Å²) < 4.78 is 0. The highest BCUT2D eigenvalue weighted by molar-refractivity contribution is 5.73. The van der Waals surface area contributed by atoms with Crippen molar-refractivity contribution < 1.29 is 4.79 Å². The van der Waals surface area contributed by atoms with E-state index in [2.05, 4.69) is 16.7 Å². The first-order valence-corrected chi connectivity index (χ1v) is 4.79. The predicted molar refractivity (Wildman–Crippen MR) is 55.8 cm³/mol. The van der Waals surface area contributed by atoms with Crippen molar-refractivity contribution in [1.29, 1.82) is 0 Å². The van der Waals surface area contributed by atoms with E-state index in [1.165, 1.54) is 0 Å². The Kier molecular flexibility index (Phi) is 4.55. The largest absolute Gasteiger partial charge is 0.338 e. The van der Waals surface area contributed by atoms with Gasteiger partial charge in [-0.2, -0.15) is 0 Å². The molecule has 0 aliphatic heterocycles. The molecule has 75 valence electrons. The van der Waals surface area contributed by atoms with Gasteiger partial charge in [0, 0.05) is 13.1 Å². The van der Waals surface area contributed by atoms with Crippen molar-refractivity contribution >= 4 is 6.03 Å². The predicted octanol–water partition coefficient (Wildman–Crippen LogP) is 1.70. The minimum atomic E-state index is -0.111. The van der Waals surface area contributed by atoms with Gasteiger partial charge in [0.05, 0.1) is 0 Å². The molecule has 0 spiro atoms. The van der Waals surface area contributed by atoms with Crippen LogP contribution < -0.4 is 10.6 Å². The maximum atomic E-state index is 11.1. The molecule has 0 fully saturated rings. The highest BCUT2D eigenvalue weighted by atomic mass is 16.2. The molecule has 14 heavy (non-hydrogen) atoms. The second-order valence-electron chi connectivity index (χ2n) is 3.02. The molecule has 0 aromatic heterocycles. The molecule has 0 aliphatic carbocycles. The highest BCUT2D eigenvalue weighted by Crippen LogP contribution is 1.96. The molecule has 0 unspecified atom stereocenters. The Labute approximate surface area is 84.5 Å². The second-order valence-corrected chi connectivity index (χ2v) is 3.02. The van der Waals surface area contributed by atoms with Crippen LogP contribution in [0.25, 0.3) is 0 Å². The Bertz CT molecular complexity index is 272. The van der Waals surface area contributed by atoms with Gasteiger partial charge in [-0.1, -0.05) is 31.2 Å². The number of carbonyl (C=O) groups is 1. The minimum absolute atomic E-state index is 0.111. The Morgan fingerprint density at radius 2 is 2.07 bits per heavy atom. The van der Waals surface area contributed by atoms with Crippen LogP contribution in [0.2, 0.25) is 0 Å². The van der Waals surface area contributed by atoms with Crippen LogP contribution in [0.15, 0.2) is 24.3 Å². The second kappa shape index (κ2) is 6.02. The van der Waals surface area contributed by atoms with Crippen LogP contribution in [0, 0.1) is 6.07 Å². The number of hydrogen-bond acceptors (Lipinski definition) is 1. The van der Waals surface area contributed by atoms with E-state index in [1.807, 2.05) is 31.2 Å². The van der Waals surface area contributed by atoms with E-state index in [0.29, 0.717) is 13.1 Å².